The second kappa shape index (κ2) is 15.0. The molecule has 2 unspecified atom stereocenters. The fourth-order valence-electron chi connectivity index (χ4n) is 6.69. The van der Waals surface area contributed by atoms with Crippen LogP contribution >= 0.6 is 0 Å². The minimum Gasteiger partial charge on any atom is -0.453 e. The van der Waals surface area contributed by atoms with Crippen molar-refractivity contribution in [3.05, 3.63) is 102 Å². The minimum absolute atomic E-state index is 0.149. The molecule has 5 rings (SSSR count). The second-order valence-corrected chi connectivity index (χ2v) is 14.1. The van der Waals surface area contributed by atoms with E-state index in [0.29, 0.717) is 24.2 Å². The topological polar surface area (TPSA) is 117 Å². The summed E-state index contributed by atoms with van der Waals surface area (Å²) in [6, 6.07) is 15.5. The summed E-state index contributed by atoms with van der Waals surface area (Å²) in [6.45, 7) is 1.01. The molecule has 2 amide bonds. The van der Waals surface area contributed by atoms with Gasteiger partial charge in [0.1, 0.15) is 17.7 Å². The molecule has 1 aliphatic carbocycles. The smallest absolute Gasteiger partial charge is 0.407 e. The van der Waals surface area contributed by atoms with Gasteiger partial charge in [0.15, 0.2) is 0 Å². The molecular formula is C34H38F4N4O5S. The number of halogens is 4. The second-order valence-electron chi connectivity index (χ2n) is 12.2. The van der Waals surface area contributed by atoms with Crippen molar-refractivity contribution in [1.29, 1.82) is 0 Å². The van der Waals surface area contributed by atoms with E-state index in [1.165, 1.54) is 65.0 Å². The van der Waals surface area contributed by atoms with Crippen LogP contribution in [0.4, 0.5) is 22.4 Å². The first-order valence-corrected chi connectivity index (χ1v) is 17.1. The zero-order valence-corrected chi connectivity index (χ0v) is 27.1. The average molecular weight is 691 g/mol. The number of alkyl carbamates (subject to hydrolysis) is 1. The monoisotopic (exact) mass is 690 g/mol. The van der Waals surface area contributed by atoms with Crippen LogP contribution in [0.25, 0.3) is 0 Å². The van der Waals surface area contributed by atoms with Crippen molar-refractivity contribution in [3.63, 3.8) is 0 Å². The van der Waals surface area contributed by atoms with Crippen molar-refractivity contribution in [3.8, 4) is 0 Å². The third-order valence-corrected chi connectivity index (χ3v) is 11.0. The van der Waals surface area contributed by atoms with Gasteiger partial charge >= 0.3 is 6.09 Å². The van der Waals surface area contributed by atoms with Gasteiger partial charge in [-0.2, -0.15) is 4.31 Å². The van der Waals surface area contributed by atoms with Crippen LogP contribution in [-0.2, 0) is 19.6 Å². The first-order chi connectivity index (χ1) is 22.9. The van der Waals surface area contributed by atoms with Gasteiger partial charge in [-0.05, 0) is 66.3 Å². The summed E-state index contributed by atoms with van der Waals surface area (Å²) in [5.74, 6) is -6.66. The van der Waals surface area contributed by atoms with Gasteiger partial charge in [-0.15, -0.1) is 0 Å². The van der Waals surface area contributed by atoms with E-state index >= 15 is 0 Å². The highest BCUT2D eigenvalue weighted by atomic mass is 32.2. The Morgan fingerprint density at radius 1 is 0.938 bits per heavy atom. The Kier molecular flexibility index (Phi) is 11.1. The van der Waals surface area contributed by atoms with Crippen LogP contribution in [0.5, 0.6) is 0 Å². The highest BCUT2D eigenvalue weighted by molar-refractivity contribution is 7.89. The summed E-state index contributed by atoms with van der Waals surface area (Å²) < 4.78 is 90.7. The molecule has 9 nitrogen and oxygen atoms in total. The van der Waals surface area contributed by atoms with Gasteiger partial charge in [-0.3, -0.25) is 4.79 Å². The Morgan fingerprint density at radius 3 is 2.12 bits per heavy atom. The molecule has 2 aliphatic rings. The lowest BCUT2D eigenvalue weighted by Crippen LogP contribution is -2.54. The summed E-state index contributed by atoms with van der Waals surface area (Å²) in [4.78, 5) is 26.6. The van der Waals surface area contributed by atoms with Gasteiger partial charge < -0.3 is 20.7 Å². The molecule has 3 N–H and O–H groups in total. The van der Waals surface area contributed by atoms with E-state index in [4.69, 9.17) is 4.74 Å². The standard InChI is InChI=1S/C34H38F4N4O5S/c1-47-33(44)41-31(30(22-7-12-25(35)13-8-22)23-9-14-26(36)15-10-23)32(43)40-29-20-34(37,38)19-24(29)11-16-27-21-39-17-18-42(27)48(45,46)28-5-3-2-4-6-28/h2-10,12-15,24,27,29-31,39H,11,16-21H2,1H3,(H,40,43)(H,41,44)/t24?,27-,29?,31-/m0/s1. The molecule has 4 atom stereocenters. The van der Waals surface area contributed by atoms with E-state index < -0.39 is 82.4 Å². The minimum atomic E-state index is -3.83. The van der Waals surface area contributed by atoms with Crippen LogP contribution in [0.15, 0.2) is 83.8 Å². The number of hydrogen-bond acceptors (Lipinski definition) is 6. The molecule has 0 radical (unpaired) electrons. The maximum Gasteiger partial charge on any atom is 0.407 e. The Balaban J connectivity index is 1.38. The zero-order valence-electron chi connectivity index (χ0n) is 26.3. The van der Waals surface area contributed by atoms with Gasteiger partial charge in [0.25, 0.3) is 5.92 Å². The van der Waals surface area contributed by atoms with E-state index in [1.807, 2.05) is 0 Å². The lowest BCUT2D eigenvalue weighted by Gasteiger charge is -2.36. The van der Waals surface area contributed by atoms with Crippen molar-refractivity contribution in [2.75, 3.05) is 26.7 Å². The van der Waals surface area contributed by atoms with Crippen molar-refractivity contribution in [2.45, 2.75) is 60.5 Å². The predicted octanol–water partition coefficient (Wildman–Crippen LogP) is 4.79. The number of methoxy groups -OCH3 is 1. The number of alkyl halides is 2. The molecule has 1 saturated carbocycles. The maximum atomic E-state index is 14.9. The van der Waals surface area contributed by atoms with E-state index in [0.717, 1.165) is 7.11 Å². The number of rotatable bonds is 11. The summed E-state index contributed by atoms with van der Waals surface area (Å²) in [6.07, 6.45) is -1.67. The van der Waals surface area contributed by atoms with Crippen LogP contribution in [-0.4, -0.2) is 75.5 Å². The molecule has 14 heteroatoms. The number of carbonyl (C=O) groups is 2. The Morgan fingerprint density at radius 2 is 1.54 bits per heavy atom. The molecule has 3 aromatic rings. The van der Waals surface area contributed by atoms with Crippen LogP contribution < -0.4 is 16.0 Å². The number of ether oxygens (including phenoxy) is 1. The molecule has 2 fully saturated rings. The summed E-state index contributed by atoms with van der Waals surface area (Å²) >= 11 is 0. The maximum absolute atomic E-state index is 14.9. The highest BCUT2D eigenvalue weighted by Crippen LogP contribution is 2.42. The first kappa shape index (κ1) is 35.3. The molecule has 1 heterocycles. The van der Waals surface area contributed by atoms with Crippen molar-refractivity contribution in [1.82, 2.24) is 20.3 Å². The Labute approximate surface area is 277 Å². The van der Waals surface area contributed by atoms with Crippen molar-refractivity contribution >= 4 is 22.0 Å². The predicted molar refractivity (Wildman–Crippen MR) is 170 cm³/mol. The fraction of sp³-hybridized carbons (Fsp3) is 0.412. The molecule has 0 aromatic heterocycles. The van der Waals surface area contributed by atoms with Crippen LogP contribution in [0, 0.1) is 17.6 Å². The molecule has 48 heavy (non-hydrogen) atoms. The van der Waals surface area contributed by atoms with Gasteiger partial charge in [-0.1, -0.05) is 42.5 Å². The van der Waals surface area contributed by atoms with E-state index in [-0.39, 0.29) is 24.3 Å². The van der Waals surface area contributed by atoms with E-state index in [1.54, 1.807) is 18.2 Å². The molecule has 0 spiro atoms. The number of hydrogen-bond donors (Lipinski definition) is 3. The summed E-state index contributed by atoms with van der Waals surface area (Å²) in [5.41, 5.74) is 0.801. The molecule has 1 saturated heterocycles. The van der Waals surface area contributed by atoms with Gasteiger partial charge in [-0.25, -0.2) is 30.8 Å². The van der Waals surface area contributed by atoms with E-state index in [2.05, 4.69) is 16.0 Å². The van der Waals surface area contributed by atoms with Crippen LogP contribution in [0.1, 0.15) is 42.7 Å². The zero-order chi connectivity index (χ0) is 34.5. The molecule has 258 valence electrons. The van der Waals surface area contributed by atoms with Gasteiger partial charge in [0.2, 0.25) is 15.9 Å². The Bertz CT molecular complexity index is 1620. The van der Waals surface area contributed by atoms with Crippen molar-refractivity contribution < 1.29 is 40.3 Å². The lowest BCUT2D eigenvalue weighted by molar-refractivity contribution is -0.124. The highest BCUT2D eigenvalue weighted by Gasteiger charge is 2.48. The first-order valence-electron chi connectivity index (χ1n) is 15.7. The average Bonchev–Trinajstić information content (AvgIpc) is 3.37. The largest absolute Gasteiger partial charge is 0.453 e. The normalized spacial score (nSPS) is 21.8. The number of sulfonamides is 1. The third-order valence-electron chi connectivity index (χ3n) is 9.03. The molecule has 1 aliphatic heterocycles. The molecule has 3 aromatic carbocycles. The number of carbonyl (C=O) groups excluding carboxylic acids is 2. The Hall–Kier alpha value is -4.01. The fourth-order valence-corrected chi connectivity index (χ4v) is 8.36. The number of amides is 2. The number of nitrogens with one attached hydrogen (secondary N) is 3. The van der Waals surface area contributed by atoms with Crippen LogP contribution in [0.3, 0.4) is 0 Å². The van der Waals surface area contributed by atoms with Gasteiger partial charge in [0, 0.05) is 50.5 Å². The van der Waals surface area contributed by atoms with E-state index in [9.17, 15) is 35.6 Å². The number of benzene rings is 3. The number of piperazine rings is 1. The molecule has 0 bridgehead atoms. The SMILES string of the molecule is COC(=O)N[C@H](C(=O)NC1CC(F)(F)CC1CC[C@H]1CNCCN1S(=O)(=O)c1ccccc1)C(c1ccc(F)cc1)c1ccc(F)cc1. The number of nitrogens with zero attached hydrogens (tertiary/aromatic N) is 1. The quantitative estimate of drug-likeness (QED) is 0.249. The van der Waals surface area contributed by atoms with Crippen molar-refractivity contribution in [2.24, 2.45) is 5.92 Å². The molecular weight excluding hydrogens is 652 g/mol. The summed E-state index contributed by atoms with van der Waals surface area (Å²) in [5, 5.41) is 8.41. The van der Waals surface area contributed by atoms with Crippen LogP contribution in [0.2, 0.25) is 0 Å². The lowest BCUT2D eigenvalue weighted by atomic mass is 9.84. The summed E-state index contributed by atoms with van der Waals surface area (Å²) in [7, 11) is -2.73. The van der Waals surface area contributed by atoms with Gasteiger partial charge in [0.05, 0.1) is 12.0 Å². The third kappa shape index (κ3) is 8.34.